The molecule has 0 saturated heterocycles. The van der Waals surface area contributed by atoms with Crippen LogP contribution in [0, 0.1) is 0 Å². The van der Waals surface area contributed by atoms with Gasteiger partial charge in [0.2, 0.25) is 0 Å². The first-order valence-electron chi connectivity index (χ1n) is 21.5. The Balaban J connectivity index is 1.12. The van der Waals surface area contributed by atoms with Crippen molar-refractivity contribution in [2.45, 2.75) is 43.9 Å². The molecule has 1 aromatic heterocycles. The van der Waals surface area contributed by atoms with Crippen molar-refractivity contribution in [3.05, 3.63) is 239 Å². The van der Waals surface area contributed by atoms with Crippen molar-refractivity contribution in [2.24, 2.45) is 0 Å². The predicted molar refractivity (Wildman–Crippen MR) is 251 cm³/mol. The fourth-order valence-electron chi connectivity index (χ4n) is 11.4. The molecule has 2 nitrogen and oxygen atoms in total. The van der Waals surface area contributed by atoms with E-state index in [1.807, 2.05) is 0 Å². The van der Waals surface area contributed by atoms with E-state index in [2.05, 4.69) is 222 Å². The molecule has 290 valence electrons. The molecule has 3 aliphatic carbocycles. The Labute approximate surface area is 358 Å². The first kappa shape index (κ1) is 35.8. The molecule has 0 bridgehead atoms. The molecule has 0 unspecified atom stereocenters. The first-order chi connectivity index (χ1) is 29.8. The van der Waals surface area contributed by atoms with Gasteiger partial charge in [0.25, 0.3) is 0 Å². The maximum absolute atomic E-state index is 5.53. The second-order valence-electron chi connectivity index (χ2n) is 18.0. The number of nitrogens with zero attached hydrogens (tertiary/aromatic N) is 2. The lowest BCUT2D eigenvalue weighted by molar-refractivity contribution is 0.564. The standard InChI is InChI=1S/C59H44N2/c1-57(2)46-27-13-10-22-40(46)43-34-33-38(35-52(43)57)54-36-53(37-19-6-5-7-20-37)60-56(61-54)45-25-9-8-21-39(45)44-26-18-32-51-55(44)59(50-31-17-16-30-49(50)58(51,3)4)47-28-14-11-23-41(47)42-24-12-15-29-48(42)59/h5-36H,1-4H3. The third kappa shape index (κ3) is 4.91. The maximum atomic E-state index is 5.53. The summed E-state index contributed by atoms with van der Waals surface area (Å²) in [6, 6.07) is 71.6. The van der Waals surface area contributed by atoms with Gasteiger partial charge in [-0.05, 0) is 90.0 Å². The average Bonchev–Trinajstić information content (AvgIpc) is 3.73. The second-order valence-corrected chi connectivity index (χ2v) is 18.0. The van der Waals surface area contributed by atoms with E-state index in [9.17, 15) is 0 Å². The van der Waals surface area contributed by atoms with Crippen molar-refractivity contribution >= 4 is 0 Å². The minimum atomic E-state index is -0.537. The van der Waals surface area contributed by atoms with E-state index >= 15 is 0 Å². The van der Waals surface area contributed by atoms with Gasteiger partial charge in [0, 0.05) is 27.5 Å². The average molecular weight is 781 g/mol. The van der Waals surface area contributed by atoms with Gasteiger partial charge in [-0.25, -0.2) is 9.97 Å². The maximum Gasteiger partial charge on any atom is 0.161 e. The Bertz CT molecular complexity index is 3210. The van der Waals surface area contributed by atoms with Crippen LogP contribution < -0.4 is 0 Å². The molecule has 0 atom stereocenters. The highest BCUT2D eigenvalue weighted by Crippen LogP contribution is 2.64. The van der Waals surface area contributed by atoms with Crippen LogP contribution in [0.5, 0.6) is 0 Å². The van der Waals surface area contributed by atoms with E-state index in [1.54, 1.807) is 0 Å². The summed E-state index contributed by atoms with van der Waals surface area (Å²) >= 11 is 0. The Hall–Kier alpha value is -7.16. The Morgan fingerprint density at radius 2 is 0.754 bits per heavy atom. The van der Waals surface area contributed by atoms with Gasteiger partial charge in [0.15, 0.2) is 5.82 Å². The highest BCUT2D eigenvalue weighted by molar-refractivity contribution is 5.94. The molecule has 8 aromatic carbocycles. The minimum absolute atomic E-state index is 0.126. The summed E-state index contributed by atoms with van der Waals surface area (Å²) in [6.45, 7) is 9.48. The second kappa shape index (κ2) is 12.9. The third-order valence-corrected chi connectivity index (χ3v) is 14.2. The molecule has 0 aliphatic heterocycles. The van der Waals surface area contributed by atoms with E-state index in [0.29, 0.717) is 5.82 Å². The number of rotatable bonds is 4. The van der Waals surface area contributed by atoms with Crippen molar-refractivity contribution in [1.29, 1.82) is 0 Å². The van der Waals surface area contributed by atoms with Crippen LogP contribution in [0.3, 0.4) is 0 Å². The van der Waals surface area contributed by atoms with Gasteiger partial charge in [-0.2, -0.15) is 0 Å². The number of hydrogen-bond donors (Lipinski definition) is 0. The monoisotopic (exact) mass is 780 g/mol. The molecule has 2 heteroatoms. The minimum Gasteiger partial charge on any atom is -0.228 e. The Morgan fingerprint density at radius 1 is 0.295 bits per heavy atom. The molecule has 1 spiro atoms. The smallest absolute Gasteiger partial charge is 0.161 e. The summed E-state index contributed by atoms with van der Waals surface area (Å²) in [4.78, 5) is 11.0. The van der Waals surface area contributed by atoms with E-state index in [0.717, 1.165) is 33.6 Å². The first-order valence-corrected chi connectivity index (χ1v) is 21.5. The molecule has 61 heavy (non-hydrogen) atoms. The van der Waals surface area contributed by atoms with Crippen LogP contribution in [-0.2, 0) is 16.2 Å². The van der Waals surface area contributed by atoms with Gasteiger partial charge in [-0.15, -0.1) is 0 Å². The SMILES string of the molecule is CC1(C)c2ccccc2-c2ccc(-c3cc(-c4ccccc4)nc(-c4ccccc4-c4cccc5c4C4(c6ccccc6-c6ccccc64)c4ccccc4C5(C)C)n3)cc21. The zero-order valence-corrected chi connectivity index (χ0v) is 34.9. The molecule has 9 aromatic rings. The summed E-state index contributed by atoms with van der Waals surface area (Å²) in [5.41, 5.74) is 22.3. The summed E-state index contributed by atoms with van der Waals surface area (Å²) in [5.74, 6) is 0.712. The van der Waals surface area contributed by atoms with Crippen molar-refractivity contribution in [3.8, 4) is 67.3 Å². The molecule has 0 radical (unpaired) electrons. The van der Waals surface area contributed by atoms with Gasteiger partial charge in [-0.1, -0.05) is 210 Å². The molecule has 0 fully saturated rings. The van der Waals surface area contributed by atoms with Gasteiger partial charge in [0.05, 0.1) is 16.8 Å². The zero-order valence-electron chi connectivity index (χ0n) is 34.9. The number of aromatic nitrogens is 2. The lowest BCUT2D eigenvalue weighted by Gasteiger charge is -2.47. The van der Waals surface area contributed by atoms with E-state index in [1.165, 1.54) is 72.3 Å². The third-order valence-electron chi connectivity index (χ3n) is 14.2. The molecule has 0 N–H and O–H groups in total. The lowest BCUT2D eigenvalue weighted by Crippen LogP contribution is -2.41. The van der Waals surface area contributed by atoms with Crippen molar-refractivity contribution < 1.29 is 0 Å². The van der Waals surface area contributed by atoms with Gasteiger partial charge >= 0.3 is 0 Å². The van der Waals surface area contributed by atoms with E-state index < -0.39 is 5.41 Å². The van der Waals surface area contributed by atoms with Crippen LogP contribution in [0.25, 0.3) is 67.3 Å². The van der Waals surface area contributed by atoms with E-state index in [-0.39, 0.29) is 10.8 Å². The topological polar surface area (TPSA) is 25.8 Å². The number of hydrogen-bond acceptors (Lipinski definition) is 2. The van der Waals surface area contributed by atoms with Crippen LogP contribution in [-0.4, -0.2) is 9.97 Å². The summed E-state index contributed by atoms with van der Waals surface area (Å²) in [7, 11) is 0. The van der Waals surface area contributed by atoms with Crippen LogP contribution in [0.2, 0.25) is 0 Å². The lowest BCUT2D eigenvalue weighted by atomic mass is 9.54. The van der Waals surface area contributed by atoms with Crippen molar-refractivity contribution in [1.82, 2.24) is 9.97 Å². The highest BCUT2D eigenvalue weighted by Gasteiger charge is 2.54. The summed E-state index contributed by atoms with van der Waals surface area (Å²) in [6.07, 6.45) is 0. The largest absolute Gasteiger partial charge is 0.228 e. The van der Waals surface area contributed by atoms with E-state index in [4.69, 9.17) is 9.97 Å². The van der Waals surface area contributed by atoms with Gasteiger partial charge in [0.1, 0.15) is 0 Å². The van der Waals surface area contributed by atoms with Gasteiger partial charge in [-0.3, -0.25) is 0 Å². The van der Waals surface area contributed by atoms with Crippen molar-refractivity contribution in [2.75, 3.05) is 0 Å². The van der Waals surface area contributed by atoms with Gasteiger partial charge < -0.3 is 0 Å². The predicted octanol–water partition coefficient (Wildman–Crippen LogP) is 14.5. The van der Waals surface area contributed by atoms with Crippen molar-refractivity contribution in [3.63, 3.8) is 0 Å². The molecular formula is C59H44N2. The Morgan fingerprint density at radius 3 is 1.43 bits per heavy atom. The number of fused-ring (bicyclic) bond motifs is 12. The van der Waals surface area contributed by atoms with Crippen LogP contribution in [0.15, 0.2) is 194 Å². The molecular weight excluding hydrogens is 737 g/mol. The normalized spacial score (nSPS) is 15.3. The molecule has 0 saturated carbocycles. The molecule has 12 rings (SSSR count). The highest BCUT2D eigenvalue weighted by atomic mass is 14.9. The molecule has 0 amide bonds. The number of benzene rings is 8. The quantitative estimate of drug-likeness (QED) is 0.178. The summed E-state index contributed by atoms with van der Waals surface area (Å²) < 4.78 is 0. The summed E-state index contributed by atoms with van der Waals surface area (Å²) in [5, 5.41) is 0. The van der Waals surface area contributed by atoms with Crippen LogP contribution in [0.4, 0.5) is 0 Å². The molecule has 3 aliphatic rings. The fraction of sp³-hybridized carbons (Fsp3) is 0.119. The van der Waals surface area contributed by atoms with Crippen LogP contribution >= 0.6 is 0 Å². The fourth-order valence-corrected chi connectivity index (χ4v) is 11.4. The Kier molecular flexibility index (Phi) is 7.57. The van der Waals surface area contributed by atoms with Crippen LogP contribution in [0.1, 0.15) is 72.2 Å². The molecule has 1 heterocycles. The zero-order chi connectivity index (χ0) is 41.1.